The fourth-order valence-electron chi connectivity index (χ4n) is 2.52. The summed E-state index contributed by atoms with van der Waals surface area (Å²) in [6, 6.07) is 17.1. The number of nitrogens with one attached hydrogen (secondary N) is 1. The molecule has 3 aromatic rings. The van der Waals surface area contributed by atoms with Crippen molar-refractivity contribution in [1.82, 2.24) is 10.3 Å². The zero-order valence-electron chi connectivity index (χ0n) is 13.1. The van der Waals surface area contributed by atoms with E-state index in [1.165, 1.54) is 0 Å². The van der Waals surface area contributed by atoms with Crippen LogP contribution in [0.5, 0.6) is 0 Å². The largest absolute Gasteiger partial charge is 0.480 e. The van der Waals surface area contributed by atoms with Crippen LogP contribution in [0.4, 0.5) is 0 Å². The lowest BCUT2D eigenvalue weighted by Crippen LogP contribution is -2.42. The Morgan fingerprint density at radius 3 is 2.64 bits per heavy atom. The molecule has 0 bridgehead atoms. The number of aromatic nitrogens is 1. The third-order valence-electron chi connectivity index (χ3n) is 3.76. The molecule has 1 amide bonds. The van der Waals surface area contributed by atoms with E-state index in [2.05, 4.69) is 26.2 Å². The first-order valence-electron chi connectivity index (χ1n) is 7.67. The monoisotopic (exact) mass is 398 g/mol. The van der Waals surface area contributed by atoms with Crippen LogP contribution in [0.1, 0.15) is 16.1 Å². The number of fused-ring (bicyclic) bond motifs is 1. The summed E-state index contributed by atoms with van der Waals surface area (Å²) in [4.78, 5) is 28.2. The van der Waals surface area contributed by atoms with Crippen LogP contribution in [0, 0.1) is 0 Å². The Kier molecular flexibility index (Phi) is 5.09. The molecular weight excluding hydrogens is 384 g/mol. The van der Waals surface area contributed by atoms with E-state index in [1.54, 1.807) is 12.1 Å². The molecule has 0 radical (unpaired) electrons. The second-order valence-electron chi connectivity index (χ2n) is 5.59. The van der Waals surface area contributed by atoms with Gasteiger partial charge in [-0.25, -0.2) is 9.78 Å². The number of halogens is 1. The minimum atomic E-state index is -1.09. The number of carboxylic acids is 1. The van der Waals surface area contributed by atoms with E-state index in [1.807, 2.05) is 48.5 Å². The van der Waals surface area contributed by atoms with E-state index in [-0.39, 0.29) is 12.1 Å². The summed E-state index contributed by atoms with van der Waals surface area (Å²) >= 11 is 3.35. The van der Waals surface area contributed by atoms with Crippen molar-refractivity contribution >= 4 is 38.7 Å². The molecule has 0 aliphatic carbocycles. The van der Waals surface area contributed by atoms with E-state index in [9.17, 15) is 14.7 Å². The first kappa shape index (κ1) is 17.1. The number of carboxylic acid groups (broad SMARTS) is 1. The topological polar surface area (TPSA) is 79.3 Å². The molecule has 2 aromatic carbocycles. The van der Waals surface area contributed by atoms with E-state index < -0.39 is 17.9 Å². The van der Waals surface area contributed by atoms with Gasteiger partial charge in [-0.05, 0) is 29.8 Å². The molecule has 126 valence electrons. The predicted molar refractivity (Wildman–Crippen MR) is 98.5 cm³/mol. The molecule has 0 saturated carbocycles. The minimum absolute atomic E-state index is 0.189. The van der Waals surface area contributed by atoms with Crippen molar-refractivity contribution in [2.24, 2.45) is 0 Å². The zero-order chi connectivity index (χ0) is 17.8. The molecule has 1 atom stereocenters. The third-order valence-corrected chi connectivity index (χ3v) is 4.26. The first-order chi connectivity index (χ1) is 12.0. The molecule has 0 aliphatic heterocycles. The molecule has 0 fully saturated rings. The number of para-hydroxylation sites is 1. The van der Waals surface area contributed by atoms with Crippen LogP contribution in [0.15, 0.2) is 65.1 Å². The first-order valence-corrected chi connectivity index (χ1v) is 8.46. The lowest BCUT2D eigenvalue weighted by molar-refractivity contribution is -0.139. The summed E-state index contributed by atoms with van der Waals surface area (Å²) in [6.07, 6.45) is 0.189. The molecule has 0 saturated heterocycles. The van der Waals surface area contributed by atoms with Crippen molar-refractivity contribution in [3.63, 3.8) is 0 Å². The number of pyridine rings is 1. The Hall–Kier alpha value is -2.73. The smallest absolute Gasteiger partial charge is 0.326 e. The van der Waals surface area contributed by atoms with Gasteiger partial charge in [0.2, 0.25) is 0 Å². The number of hydrogen-bond donors (Lipinski definition) is 2. The maximum atomic E-state index is 12.4. The van der Waals surface area contributed by atoms with Crippen LogP contribution in [0.25, 0.3) is 10.9 Å². The number of benzene rings is 2. The highest BCUT2D eigenvalue weighted by atomic mass is 79.9. The predicted octanol–water partition coefficient (Wildman–Crippen LogP) is 3.42. The fraction of sp³-hybridized carbons (Fsp3) is 0.105. The van der Waals surface area contributed by atoms with E-state index >= 15 is 0 Å². The highest BCUT2D eigenvalue weighted by Crippen LogP contribution is 2.14. The molecule has 0 spiro atoms. The van der Waals surface area contributed by atoms with E-state index in [0.717, 1.165) is 15.4 Å². The van der Waals surface area contributed by atoms with Crippen LogP contribution < -0.4 is 5.32 Å². The number of carbonyl (C=O) groups excluding carboxylic acids is 1. The van der Waals surface area contributed by atoms with Gasteiger partial charge in [0.15, 0.2) is 0 Å². The van der Waals surface area contributed by atoms with Crippen LogP contribution in [0.3, 0.4) is 0 Å². The summed E-state index contributed by atoms with van der Waals surface area (Å²) in [5.41, 5.74) is 1.70. The van der Waals surface area contributed by atoms with Crippen molar-refractivity contribution in [2.45, 2.75) is 12.5 Å². The summed E-state index contributed by atoms with van der Waals surface area (Å²) in [5, 5.41) is 12.9. The Bertz CT molecular complexity index is 943. The maximum absolute atomic E-state index is 12.4. The summed E-state index contributed by atoms with van der Waals surface area (Å²) in [7, 11) is 0. The van der Waals surface area contributed by atoms with Crippen LogP contribution in [0.2, 0.25) is 0 Å². The molecular formula is C19H15BrN2O3. The molecule has 6 heteroatoms. The Morgan fingerprint density at radius 1 is 1.08 bits per heavy atom. The lowest BCUT2D eigenvalue weighted by atomic mass is 10.1. The van der Waals surface area contributed by atoms with Crippen molar-refractivity contribution in [1.29, 1.82) is 0 Å². The Balaban J connectivity index is 1.78. The molecule has 2 N–H and O–H groups in total. The van der Waals surface area contributed by atoms with Gasteiger partial charge in [0.25, 0.3) is 5.91 Å². The van der Waals surface area contributed by atoms with Gasteiger partial charge >= 0.3 is 5.97 Å². The Morgan fingerprint density at radius 2 is 1.88 bits per heavy atom. The summed E-state index contributed by atoms with van der Waals surface area (Å²) in [5.74, 6) is -1.60. The van der Waals surface area contributed by atoms with Gasteiger partial charge in [-0.15, -0.1) is 0 Å². The van der Waals surface area contributed by atoms with Crippen LogP contribution >= 0.6 is 15.9 Å². The quantitative estimate of drug-likeness (QED) is 0.689. The molecule has 25 heavy (non-hydrogen) atoms. The normalized spacial score (nSPS) is 11.9. The molecule has 1 heterocycles. The summed E-state index contributed by atoms with van der Waals surface area (Å²) < 4.78 is 0.858. The van der Waals surface area contributed by atoms with Gasteiger partial charge in [-0.1, -0.05) is 52.3 Å². The van der Waals surface area contributed by atoms with Crippen molar-refractivity contribution in [3.8, 4) is 0 Å². The van der Waals surface area contributed by atoms with Crippen molar-refractivity contribution in [2.75, 3.05) is 0 Å². The molecule has 1 aromatic heterocycles. The average molecular weight is 399 g/mol. The number of hydrogen-bond acceptors (Lipinski definition) is 3. The lowest BCUT2D eigenvalue weighted by Gasteiger charge is -2.15. The molecule has 0 unspecified atom stereocenters. The second kappa shape index (κ2) is 7.44. The number of carbonyl (C=O) groups is 2. The van der Waals surface area contributed by atoms with Gasteiger partial charge in [0.05, 0.1) is 5.52 Å². The molecule has 5 nitrogen and oxygen atoms in total. The standard InChI is InChI=1S/C19H15BrN2O3/c20-14-6-3-4-12(10-14)11-17(19(24)25)22-18(23)16-9-8-13-5-1-2-7-15(13)21-16/h1-10,17H,11H2,(H,22,23)(H,24,25)/t17-/m1/s1. The number of amides is 1. The van der Waals surface area contributed by atoms with Gasteiger partial charge in [-0.3, -0.25) is 4.79 Å². The van der Waals surface area contributed by atoms with Crippen molar-refractivity contribution < 1.29 is 14.7 Å². The average Bonchev–Trinajstić information content (AvgIpc) is 2.60. The van der Waals surface area contributed by atoms with E-state index in [4.69, 9.17) is 0 Å². The van der Waals surface area contributed by atoms with Gasteiger partial charge in [0, 0.05) is 16.3 Å². The minimum Gasteiger partial charge on any atom is -0.480 e. The zero-order valence-corrected chi connectivity index (χ0v) is 14.7. The van der Waals surface area contributed by atoms with Crippen LogP contribution in [-0.4, -0.2) is 28.0 Å². The number of aliphatic carboxylic acids is 1. The van der Waals surface area contributed by atoms with E-state index in [0.29, 0.717) is 5.52 Å². The second-order valence-corrected chi connectivity index (χ2v) is 6.50. The highest BCUT2D eigenvalue weighted by Gasteiger charge is 2.22. The van der Waals surface area contributed by atoms with Gasteiger partial charge < -0.3 is 10.4 Å². The molecule has 0 aliphatic rings. The fourth-order valence-corrected chi connectivity index (χ4v) is 2.97. The van der Waals surface area contributed by atoms with Crippen LogP contribution in [-0.2, 0) is 11.2 Å². The summed E-state index contributed by atoms with van der Waals surface area (Å²) in [6.45, 7) is 0. The SMILES string of the molecule is O=C(N[C@H](Cc1cccc(Br)c1)C(=O)O)c1ccc2ccccc2n1. The maximum Gasteiger partial charge on any atom is 0.326 e. The third kappa shape index (κ3) is 4.22. The molecule has 3 rings (SSSR count). The van der Waals surface area contributed by atoms with Crippen molar-refractivity contribution in [3.05, 3.63) is 76.4 Å². The highest BCUT2D eigenvalue weighted by molar-refractivity contribution is 9.10. The van der Waals surface area contributed by atoms with Gasteiger partial charge in [0.1, 0.15) is 11.7 Å². The Labute approximate surface area is 152 Å². The number of rotatable bonds is 5. The number of nitrogens with zero attached hydrogens (tertiary/aromatic N) is 1. The van der Waals surface area contributed by atoms with Gasteiger partial charge in [-0.2, -0.15) is 0 Å².